The highest BCUT2D eigenvalue weighted by molar-refractivity contribution is 5.94. The van der Waals surface area contributed by atoms with Gasteiger partial charge in [0.2, 0.25) is 0 Å². The molecule has 132 valence electrons. The van der Waals surface area contributed by atoms with Gasteiger partial charge < -0.3 is 14.9 Å². The van der Waals surface area contributed by atoms with Gasteiger partial charge in [-0.15, -0.1) is 0 Å². The first-order chi connectivity index (χ1) is 12.0. The molecule has 1 aromatic heterocycles. The first-order valence-corrected chi connectivity index (χ1v) is 8.33. The summed E-state index contributed by atoms with van der Waals surface area (Å²) < 4.78 is 1.57. The standard InChI is InChI=1S/C18H22N4O3/c1-13-16(18(24)25)12-19-22(13)15-6-4-14(5-7-15)17(23)21-9-3-8-20(2)10-11-21/h4-7,12H,3,8-11H2,1-2H3,(H,24,25). The summed E-state index contributed by atoms with van der Waals surface area (Å²) >= 11 is 0. The van der Waals surface area contributed by atoms with Crippen LogP contribution in [0.1, 0.15) is 32.8 Å². The zero-order chi connectivity index (χ0) is 18.0. The van der Waals surface area contributed by atoms with Crippen LogP contribution in [-0.2, 0) is 0 Å². The Labute approximate surface area is 146 Å². The fourth-order valence-corrected chi connectivity index (χ4v) is 3.06. The SMILES string of the molecule is Cc1c(C(=O)O)cnn1-c1ccc(C(=O)N2CCCN(C)CC2)cc1. The molecule has 0 radical (unpaired) electrons. The Morgan fingerprint density at radius 3 is 2.44 bits per heavy atom. The van der Waals surface area contributed by atoms with Gasteiger partial charge in [-0.05, 0) is 51.2 Å². The molecule has 25 heavy (non-hydrogen) atoms. The molecule has 3 rings (SSSR count). The van der Waals surface area contributed by atoms with Crippen molar-refractivity contribution in [1.82, 2.24) is 19.6 Å². The molecule has 1 amide bonds. The van der Waals surface area contributed by atoms with Gasteiger partial charge >= 0.3 is 5.97 Å². The van der Waals surface area contributed by atoms with Crippen molar-refractivity contribution in [3.8, 4) is 5.69 Å². The molecule has 1 saturated heterocycles. The van der Waals surface area contributed by atoms with E-state index in [2.05, 4.69) is 17.0 Å². The van der Waals surface area contributed by atoms with Gasteiger partial charge in [0, 0.05) is 25.2 Å². The molecule has 2 heterocycles. The summed E-state index contributed by atoms with van der Waals surface area (Å²) in [5.41, 5.74) is 2.10. The summed E-state index contributed by atoms with van der Waals surface area (Å²) in [5, 5.41) is 13.2. The van der Waals surface area contributed by atoms with Gasteiger partial charge in [-0.3, -0.25) is 4.79 Å². The van der Waals surface area contributed by atoms with Crippen molar-refractivity contribution >= 4 is 11.9 Å². The lowest BCUT2D eigenvalue weighted by atomic mass is 10.1. The third-order valence-electron chi connectivity index (χ3n) is 4.61. The molecular weight excluding hydrogens is 320 g/mol. The highest BCUT2D eigenvalue weighted by Crippen LogP contribution is 2.16. The maximum atomic E-state index is 12.7. The van der Waals surface area contributed by atoms with Crippen molar-refractivity contribution in [1.29, 1.82) is 0 Å². The van der Waals surface area contributed by atoms with E-state index >= 15 is 0 Å². The minimum Gasteiger partial charge on any atom is -0.478 e. The van der Waals surface area contributed by atoms with Gasteiger partial charge in [0.25, 0.3) is 5.91 Å². The van der Waals surface area contributed by atoms with Crippen LogP contribution >= 0.6 is 0 Å². The monoisotopic (exact) mass is 342 g/mol. The van der Waals surface area contributed by atoms with Crippen LogP contribution in [0.5, 0.6) is 0 Å². The highest BCUT2D eigenvalue weighted by Gasteiger charge is 2.19. The fraction of sp³-hybridized carbons (Fsp3) is 0.389. The number of likely N-dealkylation sites (N-methyl/N-ethyl adjacent to an activating group) is 1. The molecule has 0 unspecified atom stereocenters. The number of carboxylic acids is 1. The number of aromatic carboxylic acids is 1. The van der Waals surface area contributed by atoms with E-state index in [4.69, 9.17) is 5.11 Å². The maximum Gasteiger partial charge on any atom is 0.339 e. The molecule has 0 saturated carbocycles. The van der Waals surface area contributed by atoms with Crippen LogP contribution in [0.15, 0.2) is 30.5 Å². The molecule has 0 aliphatic carbocycles. The van der Waals surface area contributed by atoms with Gasteiger partial charge in [-0.2, -0.15) is 5.10 Å². The number of carbonyl (C=O) groups excluding carboxylic acids is 1. The molecule has 1 N–H and O–H groups in total. The van der Waals surface area contributed by atoms with Crippen molar-refractivity contribution < 1.29 is 14.7 Å². The topological polar surface area (TPSA) is 78.7 Å². The summed E-state index contributed by atoms with van der Waals surface area (Å²) in [6.45, 7) is 5.10. The summed E-state index contributed by atoms with van der Waals surface area (Å²) in [6.07, 6.45) is 2.31. The second-order valence-corrected chi connectivity index (χ2v) is 6.36. The minimum atomic E-state index is -0.998. The van der Waals surface area contributed by atoms with E-state index < -0.39 is 5.97 Å². The lowest BCUT2D eigenvalue weighted by Gasteiger charge is -2.20. The molecule has 1 aliphatic heterocycles. The summed E-state index contributed by atoms with van der Waals surface area (Å²) in [7, 11) is 2.07. The van der Waals surface area contributed by atoms with E-state index in [0.29, 0.717) is 11.3 Å². The summed E-state index contributed by atoms with van der Waals surface area (Å²) in [5.74, 6) is -0.966. The Hall–Kier alpha value is -2.67. The Morgan fingerprint density at radius 2 is 1.80 bits per heavy atom. The Bertz CT molecular complexity index is 782. The largest absolute Gasteiger partial charge is 0.478 e. The molecular formula is C18H22N4O3. The average molecular weight is 342 g/mol. The first kappa shape index (κ1) is 17.2. The lowest BCUT2D eigenvalue weighted by Crippen LogP contribution is -2.34. The van der Waals surface area contributed by atoms with E-state index in [9.17, 15) is 9.59 Å². The number of amides is 1. The fourth-order valence-electron chi connectivity index (χ4n) is 3.06. The molecule has 1 aromatic carbocycles. The van der Waals surface area contributed by atoms with Gasteiger partial charge in [-0.25, -0.2) is 9.48 Å². The van der Waals surface area contributed by atoms with Crippen molar-refractivity contribution in [3.63, 3.8) is 0 Å². The predicted octanol–water partition coefficient (Wildman–Crippen LogP) is 1.66. The van der Waals surface area contributed by atoms with Gasteiger partial charge in [0.05, 0.1) is 17.6 Å². The zero-order valence-corrected chi connectivity index (χ0v) is 14.5. The zero-order valence-electron chi connectivity index (χ0n) is 14.5. The van der Waals surface area contributed by atoms with Gasteiger partial charge in [0.1, 0.15) is 5.56 Å². The van der Waals surface area contributed by atoms with Crippen LogP contribution in [0.3, 0.4) is 0 Å². The van der Waals surface area contributed by atoms with Gasteiger partial charge in [-0.1, -0.05) is 0 Å². The number of hydrogen-bond acceptors (Lipinski definition) is 4. The third-order valence-corrected chi connectivity index (χ3v) is 4.61. The van der Waals surface area contributed by atoms with Crippen LogP contribution < -0.4 is 0 Å². The van der Waals surface area contributed by atoms with Crippen LogP contribution in [-0.4, -0.2) is 69.8 Å². The van der Waals surface area contributed by atoms with Crippen LogP contribution in [0, 0.1) is 6.92 Å². The normalized spacial score (nSPS) is 15.8. The van der Waals surface area contributed by atoms with Crippen molar-refractivity contribution in [2.24, 2.45) is 0 Å². The van der Waals surface area contributed by atoms with Crippen LogP contribution in [0.2, 0.25) is 0 Å². The Balaban J connectivity index is 1.78. The molecule has 0 bridgehead atoms. The maximum absolute atomic E-state index is 12.7. The van der Waals surface area contributed by atoms with Gasteiger partial charge in [0.15, 0.2) is 0 Å². The van der Waals surface area contributed by atoms with Crippen LogP contribution in [0.25, 0.3) is 5.69 Å². The van der Waals surface area contributed by atoms with E-state index in [0.717, 1.165) is 38.3 Å². The summed E-state index contributed by atoms with van der Waals surface area (Å²) in [4.78, 5) is 27.9. The predicted molar refractivity (Wildman–Crippen MR) is 93.3 cm³/mol. The third kappa shape index (κ3) is 3.56. The number of benzene rings is 1. The minimum absolute atomic E-state index is 0.0327. The highest BCUT2D eigenvalue weighted by atomic mass is 16.4. The van der Waals surface area contributed by atoms with E-state index in [-0.39, 0.29) is 11.5 Å². The second-order valence-electron chi connectivity index (χ2n) is 6.36. The van der Waals surface area contributed by atoms with E-state index in [1.807, 2.05) is 4.90 Å². The molecule has 1 aliphatic rings. The number of carbonyl (C=O) groups is 2. The van der Waals surface area contributed by atoms with E-state index in [1.165, 1.54) is 6.20 Å². The molecule has 0 spiro atoms. The average Bonchev–Trinajstić information content (AvgIpc) is 2.85. The first-order valence-electron chi connectivity index (χ1n) is 8.33. The smallest absolute Gasteiger partial charge is 0.339 e. The molecule has 7 heteroatoms. The quantitative estimate of drug-likeness (QED) is 0.918. The Kier molecular flexibility index (Phi) is 4.85. The Morgan fingerprint density at radius 1 is 1.08 bits per heavy atom. The molecule has 0 atom stereocenters. The lowest BCUT2D eigenvalue weighted by molar-refractivity contribution is 0.0695. The summed E-state index contributed by atoms with van der Waals surface area (Å²) in [6, 6.07) is 7.13. The molecule has 1 fully saturated rings. The van der Waals surface area contributed by atoms with Crippen molar-refractivity contribution in [2.75, 3.05) is 33.2 Å². The van der Waals surface area contributed by atoms with Crippen molar-refractivity contribution in [2.45, 2.75) is 13.3 Å². The van der Waals surface area contributed by atoms with E-state index in [1.54, 1.807) is 35.9 Å². The number of nitrogens with zero attached hydrogens (tertiary/aromatic N) is 4. The number of hydrogen-bond donors (Lipinski definition) is 1. The molecule has 2 aromatic rings. The molecule has 7 nitrogen and oxygen atoms in total. The van der Waals surface area contributed by atoms with Crippen LogP contribution in [0.4, 0.5) is 0 Å². The van der Waals surface area contributed by atoms with Crippen molar-refractivity contribution in [3.05, 3.63) is 47.3 Å². The number of aromatic nitrogens is 2. The second kappa shape index (κ2) is 7.06. The number of carboxylic acid groups (broad SMARTS) is 1. The number of rotatable bonds is 3.